The summed E-state index contributed by atoms with van der Waals surface area (Å²) >= 11 is 0. The molecule has 0 aromatic heterocycles. The Bertz CT molecular complexity index is 731. The third-order valence-corrected chi connectivity index (χ3v) is 3.97. The molecule has 0 aliphatic carbocycles. The maximum atomic E-state index is 13.6. The number of methoxy groups -OCH3 is 1. The quantitative estimate of drug-likeness (QED) is 0.890. The minimum absolute atomic E-state index is 0.131. The number of ether oxygens (including phenoxy) is 1. The molecule has 3 rings (SSSR count). The number of fused-ring (bicyclic) bond motifs is 1. The van der Waals surface area contributed by atoms with Crippen molar-refractivity contribution < 1.29 is 13.9 Å². The van der Waals surface area contributed by atoms with E-state index < -0.39 is 5.82 Å². The highest BCUT2D eigenvalue weighted by atomic mass is 19.1. The molecule has 1 aliphatic heterocycles. The van der Waals surface area contributed by atoms with Crippen molar-refractivity contribution in [2.45, 2.75) is 26.1 Å². The summed E-state index contributed by atoms with van der Waals surface area (Å²) < 4.78 is 18.5. The van der Waals surface area contributed by atoms with E-state index in [0.29, 0.717) is 12.1 Å². The molecule has 120 valence electrons. The topological polar surface area (TPSA) is 50.4 Å². The molecule has 2 aromatic rings. The van der Waals surface area contributed by atoms with Gasteiger partial charge < -0.3 is 15.4 Å². The van der Waals surface area contributed by atoms with Crippen LogP contribution in [-0.2, 0) is 30.8 Å². The molecule has 0 saturated heterocycles. The van der Waals surface area contributed by atoms with Crippen molar-refractivity contribution in [3.63, 3.8) is 0 Å². The summed E-state index contributed by atoms with van der Waals surface area (Å²) in [5.74, 6) is -0.405. The number of carbonyl (C=O) groups excluding carboxylic acids is 1. The van der Waals surface area contributed by atoms with Crippen LogP contribution in [0.2, 0.25) is 0 Å². The molecule has 0 saturated carbocycles. The average molecular weight is 314 g/mol. The lowest BCUT2D eigenvalue weighted by Crippen LogP contribution is -2.24. The summed E-state index contributed by atoms with van der Waals surface area (Å²) in [6.45, 7) is 2.26. The molecule has 5 heteroatoms. The van der Waals surface area contributed by atoms with Crippen molar-refractivity contribution in [1.29, 1.82) is 0 Å². The average Bonchev–Trinajstić information content (AvgIpc) is 3.01. The lowest BCUT2D eigenvalue weighted by atomic mass is 10.1. The summed E-state index contributed by atoms with van der Waals surface area (Å²) in [6.07, 6.45) is 0.146. The Morgan fingerprint density at radius 1 is 1.17 bits per heavy atom. The number of carbonyl (C=O) groups is 1. The van der Waals surface area contributed by atoms with Crippen molar-refractivity contribution in [3.05, 3.63) is 64.5 Å². The van der Waals surface area contributed by atoms with Crippen LogP contribution < -0.4 is 15.4 Å². The Hall–Kier alpha value is -2.40. The van der Waals surface area contributed by atoms with Crippen LogP contribution in [0.1, 0.15) is 22.3 Å². The highest BCUT2D eigenvalue weighted by Crippen LogP contribution is 2.18. The van der Waals surface area contributed by atoms with Gasteiger partial charge in [-0.1, -0.05) is 24.3 Å². The van der Waals surface area contributed by atoms with Gasteiger partial charge in [-0.3, -0.25) is 4.79 Å². The van der Waals surface area contributed by atoms with Gasteiger partial charge in [-0.15, -0.1) is 0 Å². The molecule has 1 aliphatic rings. The number of amides is 1. The summed E-state index contributed by atoms with van der Waals surface area (Å²) in [5, 5.41) is 6.17. The molecule has 0 fully saturated rings. The number of rotatable bonds is 5. The smallest absolute Gasteiger partial charge is 0.224 e. The zero-order chi connectivity index (χ0) is 16.2. The largest absolute Gasteiger partial charge is 0.494 e. The minimum atomic E-state index is -0.455. The third-order valence-electron chi connectivity index (χ3n) is 3.97. The fourth-order valence-electron chi connectivity index (χ4n) is 2.73. The van der Waals surface area contributed by atoms with Crippen molar-refractivity contribution in [2.75, 3.05) is 7.11 Å². The van der Waals surface area contributed by atoms with Crippen LogP contribution in [0.3, 0.4) is 0 Å². The van der Waals surface area contributed by atoms with Gasteiger partial charge in [0.2, 0.25) is 5.91 Å². The zero-order valence-corrected chi connectivity index (χ0v) is 13.0. The molecular weight excluding hydrogens is 295 g/mol. The zero-order valence-electron chi connectivity index (χ0n) is 13.0. The van der Waals surface area contributed by atoms with Crippen molar-refractivity contribution in [3.8, 4) is 5.75 Å². The van der Waals surface area contributed by atoms with Crippen LogP contribution in [0.4, 0.5) is 4.39 Å². The molecule has 0 atom stereocenters. The summed E-state index contributed by atoms with van der Waals surface area (Å²) in [5.41, 5.74) is 4.29. The first-order valence-corrected chi connectivity index (χ1v) is 7.56. The lowest BCUT2D eigenvalue weighted by Gasteiger charge is -2.08. The van der Waals surface area contributed by atoms with Crippen molar-refractivity contribution >= 4 is 5.91 Å². The van der Waals surface area contributed by atoms with Crippen LogP contribution in [0, 0.1) is 5.82 Å². The van der Waals surface area contributed by atoms with Crippen LogP contribution in [0.15, 0.2) is 36.4 Å². The molecule has 4 nitrogen and oxygen atoms in total. The number of hydrogen-bond acceptors (Lipinski definition) is 3. The highest BCUT2D eigenvalue weighted by molar-refractivity contribution is 5.78. The SMILES string of the molecule is COc1ccc(CC(=O)NCc2ccc3c(c2)CNC3)cc1F. The fraction of sp³-hybridized carbons (Fsp3) is 0.278. The van der Waals surface area contributed by atoms with E-state index in [1.54, 1.807) is 6.07 Å². The Morgan fingerprint density at radius 3 is 2.74 bits per heavy atom. The molecule has 2 N–H and O–H groups in total. The molecule has 0 spiro atoms. The van der Waals surface area contributed by atoms with Crippen molar-refractivity contribution in [2.24, 2.45) is 0 Å². The van der Waals surface area contributed by atoms with Crippen LogP contribution in [-0.4, -0.2) is 13.0 Å². The van der Waals surface area contributed by atoms with Crippen LogP contribution >= 0.6 is 0 Å². The van der Waals surface area contributed by atoms with Gasteiger partial charge in [-0.05, 0) is 34.4 Å². The number of halogens is 1. The number of benzene rings is 2. The van der Waals surface area contributed by atoms with Crippen LogP contribution in [0.5, 0.6) is 5.75 Å². The predicted molar refractivity (Wildman–Crippen MR) is 85.5 cm³/mol. The molecule has 0 bridgehead atoms. The second kappa shape index (κ2) is 6.79. The van der Waals surface area contributed by atoms with Gasteiger partial charge in [0, 0.05) is 19.6 Å². The summed E-state index contributed by atoms with van der Waals surface area (Å²) in [4.78, 5) is 12.0. The van der Waals surface area contributed by atoms with E-state index in [-0.39, 0.29) is 18.1 Å². The Labute approximate surface area is 134 Å². The monoisotopic (exact) mass is 314 g/mol. The minimum Gasteiger partial charge on any atom is -0.494 e. The molecular formula is C18H19FN2O2. The maximum Gasteiger partial charge on any atom is 0.224 e. The van der Waals surface area contributed by atoms with E-state index in [1.165, 1.54) is 30.4 Å². The van der Waals surface area contributed by atoms with Gasteiger partial charge in [0.15, 0.2) is 11.6 Å². The standard InChI is InChI=1S/C18H19FN2O2/c1-23-17-5-3-12(7-16(17)19)8-18(22)21-9-13-2-4-14-10-20-11-15(14)6-13/h2-7,20H,8-11H2,1H3,(H,21,22). The normalized spacial score (nSPS) is 12.8. The molecule has 2 aromatic carbocycles. The highest BCUT2D eigenvalue weighted by Gasteiger charge is 2.11. The van der Waals surface area contributed by atoms with Gasteiger partial charge in [0.25, 0.3) is 0 Å². The van der Waals surface area contributed by atoms with E-state index in [1.807, 2.05) is 6.07 Å². The molecule has 0 unspecified atom stereocenters. The van der Waals surface area contributed by atoms with E-state index in [4.69, 9.17) is 4.74 Å². The lowest BCUT2D eigenvalue weighted by molar-refractivity contribution is -0.120. The van der Waals surface area contributed by atoms with Gasteiger partial charge in [-0.2, -0.15) is 0 Å². The molecule has 1 amide bonds. The van der Waals surface area contributed by atoms with Gasteiger partial charge in [0.05, 0.1) is 13.5 Å². The van der Waals surface area contributed by atoms with Gasteiger partial charge in [-0.25, -0.2) is 4.39 Å². The Balaban J connectivity index is 1.56. The van der Waals surface area contributed by atoms with E-state index in [0.717, 1.165) is 18.7 Å². The summed E-state index contributed by atoms with van der Waals surface area (Å²) in [6, 6.07) is 10.8. The Kier molecular flexibility index (Phi) is 4.57. The summed E-state index contributed by atoms with van der Waals surface area (Å²) in [7, 11) is 1.41. The van der Waals surface area contributed by atoms with E-state index in [9.17, 15) is 9.18 Å². The van der Waals surface area contributed by atoms with Gasteiger partial charge >= 0.3 is 0 Å². The first-order valence-electron chi connectivity index (χ1n) is 7.56. The maximum absolute atomic E-state index is 13.6. The molecule has 0 radical (unpaired) electrons. The molecule has 1 heterocycles. The predicted octanol–water partition coefficient (Wildman–Crippen LogP) is 2.30. The van der Waals surface area contributed by atoms with Crippen LogP contribution in [0.25, 0.3) is 0 Å². The van der Waals surface area contributed by atoms with E-state index in [2.05, 4.69) is 22.8 Å². The molecule has 23 heavy (non-hydrogen) atoms. The number of nitrogens with one attached hydrogen (secondary N) is 2. The Morgan fingerprint density at radius 2 is 1.96 bits per heavy atom. The van der Waals surface area contributed by atoms with Crippen molar-refractivity contribution in [1.82, 2.24) is 10.6 Å². The van der Waals surface area contributed by atoms with Gasteiger partial charge in [0.1, 0.15) is 0 Å². The first kappa shape index (κ1) is 15.5. The first-order chi connectivity index (χ1) is 11.2. The second-order valence-corrected chi connectivity index (χ2v) is 5.63. The van der Waals surface area contributed by atoms with E-state index >= 15 is 0 Å². The fourth-order valence-corrected chi connectivity index (χ4v) is 2.73. The number of hydrogen-bond donors (Lipinski definition) is 2. The second-order valence-electron chi connectivity index (χ2n) is 5.63. The third kappa shape index (κ3) is 3.68.